The van der Waals surface area contributed by atoms with Gasteiger partial charge in [0.05, 0.1) is 21.6 Å². The quantitative estimate of drug-likeness (QED) is 0.728. The molecule has 0 unspecified atom stereocenters. The van der Waals surface area contributed by atoms with Gasteiger partial charge in [-0.2, -0.15) is 0 Å². The van der Waals surface area contributed by atoms with E-state index in [9.17, 15) is 9.50 Å². The highest BCUT2D eigenvalue weighted by atomic mass is 79.9. The third-order valence-corrected chi connectivity index (χ3v) is 3.06. The summed E-state index contributed by atoms with van der Waals surface area (Å²) in [4.78, 5) is 0. The van der Waals surface area contributed by atoms with Crippen LogP contribution < -0.4 is 5.73 Å². The van der Waals surface area contributed by atoms with Crippen LogP contribution >= 0.6 is 31.9 Å². The molecule has 0 aliphatic rings. The molecule has 0 aromatic heterocycles. The lowest BCUT2D eigenvalue weighted by molar-refractivity contribution is 0.265. The topological polar surface area (TPSA) is 66.5 Å². The van der Waals surface area contributed by atoms with Crippen LogP contribution in [0.2, 0.25) is 0 Å². The zero-order chi connectivity index (χ0) is 10.9. The Labute approximate surface area is 97.0 Å². The zero-order valence-electron chi connectivity index (χ0n) is 6.97. The van der Waals surface area contributed by atoms with Crippen LogP contribution in [0.3, 0.4) is 0 Å². The highest BCUT2D eigenvalue weighted by Crippen LogP contribution is 2.37. The number of halogens is 3. The number of phenols is 1. The van der Waals surface area contributed by atoms with Crippen molar-refractivity contribution in [3.8, 4) is 5.75 Å². The number of rotatable bonds is 2. The predicted molar refractivity (Wildman–Crippen MR) is 57.5 cm³/mol. The molecule has 3 nitrogen and oxygen atoms in total. The van der Waals surface area contributed by atoms with Crippen molar-refractivity contribution >= 4 is 31.9 Å². The predicted octanol–water partition coefficient (Wildman–Crippen LogP) is 2.05. The van der Waals surface area contributed by atoms with Crippen LogP contribution in [0.5, 0.6) is 5.75 Å². The molecular weight excluding hydrogens is 321 g/mol. The summed E-state index contributed by atoms with van der Waals surface area (Å²) in [5.41, 5.74) is 5.79. The molecule has 4 N–H and O–H groups in total. The number of aliphatic hydroxyl groups is 1. The molecule has 1 aromatic carbocycles. The Hall–Kier alpha value is -0.170. The van der Waals surface area contributed by atoms with Crippen LogP contribution in [0, 0.1) is 5.82 Å². The summed E-state index contributed by atoms with van der Waals surface area (Å²) in [7, 11) is 0. The summed E-state index contributed by atoms with van der Waals surface area (Å²) in [6.45, 7) is -0.321. The average molecular weight is 329 g/mol. The van der Waals surface area contributed by atoms with E-state index in [1.54, 1.807) is 0 Å². The van der Waals surface area contributed by atoms with Gasteiger partial charge in [-0.25, -0.2) is 4.39 Å². The Balaban J connectivity index is 3.33. The molecule has 0 aliphatic heterocycles. The molecule has 0 heterocycles. The first-order valence-corrected chi connectivity index (χ1v) is 5.30. The fourth-order valence-corrected chi connectivity index (χ4v) is 2.14. The number of hydrogen-bond donors (Lipinski definition) is 3. The molecule has 0 amide bonds. The molecule has 0 bridgehead atoms. The third kappa shape index (κ3) is 2.08. The van der Waals surface area contributed by atoms with E-state index in [1.165, 1.54) is 6.07 Å². The first-order valence-electron chi connectivity index (χ1n) is 3.71. The van der Waals surface area contributed by atoms with Crippen LogP contribution in [0.4, 0.5) is 4.39 Å². The molecule has 1 aromatic rings. The molecule has 14 heavy (non-hydrogen) atoms. The van der Waals surface area contributed by atoms with Gasteiger partial charge < -0.3 is 15.9 Å². The third-order valence-electron chi connectivity index (χ3n) is 1.76. The smallest absolute Gasteiger partial charge is 0.155 e. The number of aromatic hydroxyl groups is 1. The van der Waals surface area contributed by atoms with Crippen LogP contribution in [-0.2, 0) is 0 Å². The highest BCUT2D eigenvalue weighted by Gasteiger charge is 2.18. The molecule has 78 valence electrons. The van der Waals surface area contributed by atoms with Gasteiger partial charge in [-0.3, -0.25) is 0 Å². The van der Waals surface area contributed by atoms with Crippen LogP contribution in [0.1, 0.15) is 11.6 Å². The number of phenolic OH excluding ortho intramolecular Hbond substituents is 1. The Morgan fingerprint density at radius 2 is 2.07 bits per heavy atom. The molecule has 0 spiro atoms. The Morgan fingerprint density at radius 3 is 2.57 bits per heavy atom. The van der Waals surface area contributed by atoms with Gasteiger partial charge in [0.25, 0.3) is 0 Å². The fraction of sp³-hybridized carbons (Fsp3) is 0.250. The second-order valence-electron chi connectivity index (χ2n) is 2.71. The average Bonchev–Trinajstić information content (AvgIpc) is 2.19. The van der Waals surface area contributed by atoms with Gasteiger partial charge >= 0.3 is 0 Å². The van der Waals surface area contributed by atoms with Crippen molar-refractivity contribution in [3.05, 3.63) is 26.4 Å². The summed E-state index contributed by atoms with van der Waals surface area (Å²) in [5.74, 6) is -0.886. The second-order valence-corrected chi connectivity index (χ2v) is 4.36. The van der Waals surface area contributed by atoms with Crippen molar-refractivity contribution in [2.45, 2.75) is 6.04 Å². The van der Waals surface area contributed by atoms with Crippen molar-refractivity contribution in [1.29, 1.82) is 0 Å². The summed E-state index contributed by atoms with van der Waals surface area (Å²) >= 11 is 5.86. The summed E-state index contributed by atoms with van der Waals surface area (Å²) in [6.07, 6.45) is 0. The number of aliphatic hydroxyl groups excluding tert-OH is 1. The standard InChI is InChI=1S/C8H8Br2FNO2/c9-4-1-3(5(12)2-13)8(14)6(10)7(4)11/h1,5,13-14H,2,12H2/t5-/m1/s1. The number of nitrogens with two attached hydrogens (primary N) is 1. The van der Waals surface area contributed by atoms with E-state index >= 15 is 0 Å². The van der Waals surface area contributed by atoms with Gasteiger partial charge in [0.1, 0.15) is 5.75 Å². The largest absolute Gasteiger partial charge is 0.506 e. The van der Waals surface area contributed by atoms with Gasteiger partial charge in [-0.05, 0) is 37.9 Å². The Morgan fingerprint density at radius 1 is 1.50 bits per heavy atom. The maximum Gasteiger partial charge on any atom is 0.155 e. The van der Waals surface area contributed by atoms with Gasteiger partial charge in [0.15, 0.2) is 5.82 Å². The van der Waals surface area contributed by atoms with Gasteiger partial charge in [0.2, 0.25) is 0 Å². The lowest BCUT2D eigenvalue weighted by Gasteiger charge is -2.13. The summed E-state index contributed by atoms with van der Waals surface area (Å²) < 4.78 is 13.3. The van der Waals surface area contributed by atoms with Gasteiger partial charge in [-0.1, -0.05) is 0 Å². The van der Waals surface area contributed by atoms with E-state index in [1.807, 2.05) is 0 Å². The van der Waals surface area contributed by atoms with E-state index in [2.05, 4.69) is 31.9 Å². The molecule has 0 aliphatic carbocycles. The minimum atomic E-state index is -0.733. The normalized spacial score (nSPS) is 12.9. The summed E-state index contributed by atoms with van der Waals surface area (Å²) in [5, 5.41) is 18.3. The first-order chi connectivity index (χ1) is 6.49. The van der Waals surface area contributed by atoms with E-state index < -0.39 is 11.9 Å². The van der Waals surface area contributed by atoms with E-state index in [0.29, 0.717) is 0 Å². The van der Waals surface area contributed by atoms with E-state index in [4.69, 9.17) is 10.8 Å². The Bertz CT molecular complexity index is 360. The van der Waals surface area contributed by atoms with E-state index in [0.717, 1.165) is 0 Å². The minimum Gasteiger partial charge on any atom is -0.506 e. The Kier molecular flexibility index (Phi) is 3.88. The molecule has 0 radical (unpaired) electrons. The van der Waals surface area contributed by atoms with Crippen molar-refractivity contribution < 1.29 is 14.6 Å². The van der Waals surface area contributed by atoms with Crippen molar-refractivity contribution in [2.24, 2.45) is 5.73 Å². The van der Waals surface area contributed by atoms with Gasteiger partial charge in [0, 0.05) is 5.56 Å². The van der Waals surface area contributed by atoms with Gasteiger partial charge in [-0.15, -0.1) is 0 Å². The number of benzene rings is 1. The van der Waals surface area contributed by atoms with Crippen LogP contribution in [0.25, 0.3) is 0 Å². The lowest BCUT2D eigenvalue weighted by Crippen LogP contribution is -2.15. The van der Waals surface area contributed by atoms with Crippen molar-refractivity contribution in [3.63, 3.8) is 0 Å². The van der Waals surface area contributed by atoms with Crippen LogP contribution in [-0.4, -0.2) is 16.8 Å². The fourth-order valence-electron chi connectivity index (χ4n) is 0.985. The molecule has 6 heteroatoms. The zero-order valence-corrected chi connectivity index (χ0v) is 10.1. The molecule has 1 rings (SSSR count). The monoisotopic (exact) mass is 327 g/mol. The summed E-state index contributed by atoms with van der Waals surface area (Å²) in [6, 6.07) is 0.610. The molecule has 0 saturated carbocycles. The van der Waals surface area contributed by atoms with Crippen molar-refractivity contribution in [1.82, 2.24) is 0 Å². The van der Waals surface area contributed by atoms with E-state index in [-0.39, 0.29) is 26.9 Å². The van der Waals surface area contributed by atoms with Crippen molar-refractivity contribution in [2.75, 3.05) is 6.61 Å². The molecule has 0 saturated heterocycles. The molecule has 0 fully saturated rings. The number of hydrogen-bond acceptors (Lipinski definition) is 3. The first kappa shape index (κ1) is 11.9. The minimum absolute atomic E-state index is 0.0641. The lowest BCUT2D eigenvalue weighted by atomic mass is 10.1. The maximum absolute atomic E-state index is 13.2. The van der Waals surface area contributed by atoms with Crippen LogP contribution in [0.15, 0.2) is 15.0 Å². The second kappa shape index (κ2) is 4.57. The highest BCUT2D eigenvalue weighted by molar-refractivity contribution is 9.11. The molecule has 1 atom stereocenters. The molecular formula is C8H8Br2FNO2. The maximum atomic E-state index is 13.2. The SMILES string of the molecule is N[C@H](CO)c1cc(Br)c(F)c(Br)c1O.